The Morgan fingerprint density at radius 2 is 2.28 bits per heavy atom. The van der Waals surface area contributed by atoms with Gasteiger partial charge in [0, 0.05) is 6.54 Å². The molecule has 5 heteroatoms. The van der Waals surface area contributed by atoms with Crippen LogP contribution < -0.4 is 0 Å². The molecule has 0 bridgehead atoms. The van der Waals surface area contributed by atoms with Gasteiger partial charge < -0.3 is 0 Å². The number of aromatic nitrogens is 3. The van der Waals surface area contributed by atoms with Gasteiger partial charge in [0.2, 0.25) is 0 Å². The van der Waals surface area contributed by atoms with E-state index in [2.05, 4.69) is 23.9 Å². The summed E-state index contributed by atoms with van der Waals surface area (Å²) in [6, 6.07) is 1.97. The summed E-state index contributed by atoms with van der Waals surface area (Å²) in [6.07, 6.45) is 1.85. The number of ketones is 1. The van der Waals surface area contributed by atoms with Crippen LogP contribution in [0, 0.1) is 12.8 Å². The van der Waals surface area contributed by atoms with E-state index in [9.17, 15) is 4.79 Å². The van der Waals surface area contributed by atoms with Crippen LogP contribution in [0.2, 0.25) is 0 Å². The molecule has 96 valence electrons. The fourth-order valence-corrected chi connectivity index (χ4v) is 2.67. The highest BCUT2D eigenvalue weighted by Crippen LogP contribution is 2.17. The van der Waals surface area contributed by atoms with Gasteiger partial charge in [0.05, 0.1) is 11.3 Å². The zero-order valence-electron chi connectivity index (χ0n) is 10.9. The van der Waals surface area contributed by atoms with Crippen LogP contribution >= 0.6 is 11.3 Å². The van der Waals surface area contributed by atoms with E-state index in [1.165, 1.54) is 17.7 Å². The normalized spacial score (nSPS) is 11.1. The van der Waals surface area contributed by atoms with Crippen LogP contribution in [0.3, 0.4) is 0 Å². The number of rotatable bonds is 5. The van der Waals surface area contributed by atoms with Crippen LogP contribution in [0.15, 0.2) is 17.8 Å². The van der Waals surface area contributed by atoms with Gasteiger partial charge in [-0.3, -0.25) is 4.79 Å². The molecule has 0 radical (unpaired) electrons. The zero-order chi connectivity index (χ0) is 13.1. The Kier molecular flexibility index (Phi) is 3.91. The summed E-state index contributed by atoms with van der Waals surface area (Å²) in [5.41, 5.74) is 1.04. The monoisotopic (exact) mass is 263 g/mol. The predicted octanol–water partition coefficient (Wildman–Crippen LogP) is 2.73. The number of hydrogen-bond donors (Lipinski definition) is 0. The van der Waals surface area contributed by atoms with Gasteiger partial charge in [-0.2, -0.15) is 5.10 Å². The molecule has 0 aromatic carbocycles. The van der Waals surface area contributed by atoms with E-state index < -0.39 is 0 Å². The third-order valence-electron chi connectivity index (χ3n) is 2.67. The molecule has 0 saturated heterocycles. The molecule has 2 aromatic heterocycles. The molecule has 0 saturated carbocycles. The summed E-state index contributed by atoms with van der Waals surface area (Å²) in [4.78, 5) is 17.2. The third kappa shape index (κ3) is 2.85. The van der Waals surface area contributed by atoms with Crippen molar-refractivity contribution in [2.24, 2.45) is 5.92 Å². The van der Waals surface area contributed by atoms with Crippen molar-refractivity contribution in [2.75, 3.05) is 0 Å². The average molecular weight is 263 g/mol. The largest absolute Gasteiger partial charge is 0.293 e. The van der Waals surface area contributed by atoms with E-state index in [0.717, 1.165) is 22.8 Å². The minimum atomic E-state index is 0.125. The first-order valence-corrected chi connectivity index (χ1v) is 6.90. The summed E-state index contributed by atoms with van der Waals surface area (Å²) in [5, 5.41) is 6.12. The molecule has 0 unspecified atom stereocenters. The molecular weight excluding hydrogens is 246 g/mol. The van der Waals surface area contributed by atoms with Crippen molar-refractivity contribution in [2.45, 2.75) is 33.7 Å². The first-order chi connectivity index (χ1) is 8.58. The van der Waals surface area contributed by atoms with Crippen LogP contribution in [-0.2, 0) is 13.0 Å². The second-order valence-corrected chi connectivity index (χ2v) is 5.70. The Hall–Kier alpha value is -1.49. The molecule has 0 spiro atoms. The minimum absolute atomic E-state index is 0.125. The topological polar surface area (TPSA) is 47.8 Å². The Morgan fingerprint density at radius 1 is 1.50 bits per heavy atom. The van der Waals surface area contributed by atoms with Gasteiger partial charge in [0.25, 0.3) is 0 Å². The van der Waals surface area contributed by atoms with Gasteiger partial charge in [-0.1, -0.05) is 13.8 Å². The van der Waals surface area contributed by atoms with Gasteiger partial charge in [0.15, 0.2) is 5.78 Å². The molecule has 4 nitrogen and oxygen atoms in total. The van der Waals surface area contributed by atoms with E-state index in [-0.39, 0.29) is 5.78 Å². The Bertz CT molecular complexity index is 542. The lowest BCUT2D eigenvalue weighted by Crippen LogP contribution is -2.14. The fourth-order valence-electron chi connectivity index (χ4n) is 1.81. The number of aryl methyl sites for hydroxylation is 1. The van der Waals surface area contributed by atoms with Crippen LogP contribution in [0.4, 0.5) is 0 Å². The number of thiophene rings is 1. The molecule has 0 aliphatic carbocycles. The quantitative estimate of drug-likeness (QED) is 0.779. The van der Waals surface area contributed by atoms with Gasteiger partial charge in [0.1, 0.15) is 12.2 Å². The molecule has 0 aliphatic rings. The van der Waals surface area contributed by atoms with Gasteiger partial charge >= 0.3 is 0 Å². The van der Waals surface area contributed by atoms with Crippen LogP contribution in [0.1, 0.15) is 34.9 Å². The molecule has 0 atom stereocenters. The highest BCUT2D eigenvalue weighted by molar-refractivity contribution is 7.12. The lowest BCUT2D eigenvalue weighted by atomic mass is 10.1. The molecule has 0 N–H and O–H groups in total. The molecule has 0 fully saturated rings. The summed E-state index contributed by atoms with van der Waals surface area (Å²) in [5.74, 6) is 1.37. The number of nitrogens with zero attached hydrogens (tertiary/aromatic N) is 3. The van der Waals surface area contributed by atoms with E-state index in [1.807, 2.05) is 23.1 Å². The Morgan fingerprint density at radius 3 is 2.89 bits per heavy atom. The molecule has 18 heavy (non-hydrogen) atoms. The number of Topliss-reactive ketones (excluding diaryl/α,β-unsaturated/α-hetero) is 1. The van der Waals surface area contributed by atoms with Gasteiger partial charge in [-0.15, -0.1) is 11.3 Å². The smallest absolute Gasteiger partial charge is 0.180 e. The first-order valence-electron chi connectivity index (χ1n) is 6.02. The third-order valence-corrected chi connectivity index (χ3v) is 3.73. The maximum absolute atomic E-state index is 12.2. The molecule has 2 aromatic rings. The summed E-state index contributed by atoms with van der Waals surface area (Å²) >= 11 is 1.49. The molecule has 2 rings (SSSR count). The Labute approximate surface area is 111 Å². The summed E-state index contributed by atoms with van der Waals surface area (Å²) in [6.45, 7) is 7.00. The summed E-state index contributed by atoms with van der Waals surface area (Å²) in [7, 11) is 0. The first kappa shape index (κ1) is 13.0. The molecular formula is C13H17N3OS. The number of carbonyl (C=O) groups is 1. The molecule has 2 heterocycles. The van der Waals surface area contributed by atoms with E-state index >= 15 is 0 Å². The highest BCUT2D eigenvalue weighted by Gasteiger charge is 2.15. The SMILES string of the molecule is Cc1ccsc1C(=O)Cc1ncnn1CC(C)C. The standard InChI is InChI=1S/C13H17N3OS/c1-9(2)7-16-12(14-8-15-16)6-11(17)13-10(3)4-5-18-13/h4-5,8-9H,6-7H2,1-3H3. The van der Waals surface area contributed by atoms with Crippen LogP contribution in [0.25, 0.3) is 0 Å². The number of hydrogen-bond acceptors (Lipinski definition) is 4. The van der Waals surface area contributed by atoms with Crippen molar-refractivity contribution in [3.8, 4) is 0 Å². The second-order valence-electron chi connectivity index (χ2n) is 4.78. The Balaban J connectivity index is 2.13. The van der Waals surface area contributed by atoms with Gasteiger partial charge in [-0.05, 0) is 29.9 Å². The van der Waals surface area contributed by atoms with Crippen LogP contribution in [0.5, 0.6) is 0 Å². The lowest BCUT2D eigenvalue weighted by Gasteiger charge is -2.07. The molecule has 0 amide bonds. The van der Waals surface area contributed by atoms with Crippen molar-refractivity contribution in [3.05, 3.63) is 34.0 Å². The van der Waals surface area contributed by atoms with Gasteiger partial charge in [-0.25, -0.2) is 9.67 Å². The highest BCUT2D eigenvalue weighted by atomic mass is 32.1. The maximum Gasteiger partial charge on any atom is 0.180 e. The average Bonchev–Trinajstić information content (AvgIpc) is 2.88. The van der Waals surface area contributed by atoms with E-state index in [1.54, 1.807) is 0 Å². The van der Waals surface area contributed by atoms with E-state index in [4.69, 9.17) is 0 Å². The second kappa shape index (κ2) is 5.44. The van der Waals surface area contributed by atoms with Crippen molar-refractivity contribution in [1.82, 2.24) is 14.8 Å². The van der Waals surface area contributed by atoms with Crippen molar-refractivity contribution in [1.29, 1.82) is 0 Å². The van der Waals surface area contributed by atoms with Crippen molar-refractivity contribution in [3.63, 3.8) is 0 Å². The minimum Gasteiger partial charge on any atom is -0.293 e. The zero-order valence-corrected chi connectivity index (χ0v) is 11.7. The summed E-state index contributed by atoms with van der Waals surface area (Å²) < 4.78 is 1.82. The van der Waals surface area contributed by atoms with Crippen LogP contribution in [-0.4, -0.2) is 20.5 Å². The number of carbonyl (C=O) groups excluding carboxylic acids is 1. The molecule has 0 aliphatic heterocycles. The maximum atomic E-state index is 12.2. The van der Waals surface area contributed by atoms with E-state index in [0.29, 0.717) is 12.3 Å². The lowest BCUT2D eigenvalue weighted by molar-refractivity contribution is 0.0992. The fraction of sp³-hybridized carbons (Fsp3) is 0.462. The van der Waals surface area contributed by atoms with Crippen molar-refractivity contribution < 1.29 is 4.79 Å². The predicted molar refractivity (Wildman–Crippen MR) is 72.0 cm³/mol. The van der Waals surface area contributed by atoms with Crippen molar-refractivity contribution >= 4 is 17.1 Å².